The van der Waals surface area contributed by atoms with Crippen molar-refractivity contribution in [2.24, 2.45) is 0 Å². The zero-order chi connectivity index (χ0) is 22.4. The van der Waals surface area contributed by atoms with Gasteiger partial charge in [0, 0.05) is 11.1 Å². The maximum absolute atomic E-state index is 14.1. The monoisotopic (exact) mass is 437 g/mol. The molecule has 0 bridgehead atoms. The summed E-state index contributed by atoms with van der Waals surface area (Å²) in [5.74, 6) is 0. The first kappa shape index (κ1) is 21.1. The van der Waals surface area contributed by atoms with Crippen molar-refractivity contribution in [3.05, 3.63) is 85.4 Å². The summed E-state index contributed by atoms with van der Waals surface area (Å²) in [6.45, 7) is 7.76. The standard InChI is InChI=1S/C24H21F2N3OS/c1-12-5-6-14(3)19(9-12)29-22-20(23(30)28-24(29)31)17(21(25)26)11-18(27-22)16-8-7-13(2)15(4)10-16/h5-11,21H,1-4H3,(H,28,30,31). The summed E-state index contributed by atoms with van der Waals surface area (Å²) in [4.78, 5) is 19.9. The molecule has 4 aromatic rings. The molecule has 0 aliphatic heterocycles. The van der Waals surface area contributed by atoms with Gasteiger partial charge in [-0.25, -0.2) is 13.8 Å². The number of nitrogens with one attached hydrogen (secondary N) is 1. The first-order valence-corrected chi connectivity index (χ1v) is 10.2. The largest absolute Gasteiger partial charge is 0.298 e. The Bertz CT molecular complexity index is 1450. The maximum atomic E-state index is 14.1. The molecule has 0 aliphatic carbocycles. The molecule has 0 fully saturated rings. The van der Waals surface area contributed by atoms with Crippen molar-refractivity contribution in [1.29, 1.82) is 0 Å². The van der Waals surface area contributed by atoms with E-state index in [9.17, 15) is 13.6 Å². The Hall–Kier alpha value is -3.19. The van der Waals surface area contributed by atoms with E-state index in [0.29, 0.717) is 16.9 Å². The second-order valence-corrected chi connectivity index (χ2v) is 8.17. The van der Waals surface area contributed by atoms with Crippen molar-refractivity contribution in [3.63, 3.8) is 0 Å². The summed E-state index contributed by atoms with van der Waals surface area (Å²) in [7, 11) is 0. The van der Waals surface area contributed by atoms with Gasteiger partial charge in [0.25, 0.3) is 12.0 Å². The number of aryl methyl sites for hydroxylation is 4. The quantitative estimate of drug-likeness (QED) is 0.384. The van der Waals surface area contributed by atoms with E-state index >= 15 is 0 Å². The van der Waals surface area contributed by atoms with Crippen molar-refractivity contribution in [2.45, 2.75) is 34.1 Å². The lowest BCUT2D eigenvalue weighted by molar-refractivity contribution is 0.153. The zero-order valence-electron chi connectivity index (χ0n) is 17.6. The molecular formula is C24H21F2N3OS. The molecule has 31 heavy (non-hydrogen) atoms. The molecule has 4 rings (SSSR count). The summed E-state index contributed by atoms with van der Waals surface area (Å²) < 4.78 is 29.8. The van der Waals surface area contributed by atoms with Crippen LogP contribution in [0.5, 0.6) is 0 Å². The summed E-state index contributed by atoms with van der Waals surface area (Å²) >= 11 is 5.44. The maximum Gasteiger partial charge on any atom is 0.264 e. The molecule has 0 amide bonds. The highest BCUT2D eigenvalue weighted by Gasteiger charge is 2.21. The number of benzene rings is 2. The van der Waals surface area contributed by atoms with Gasteiger partial charge in [0.2, 0.25) is 0 Å². The zero-order valence-corrected chi connectivity index (χ0v) is 18.4. The number of H-pyrrole nitrogens is 1. The molecule has 2 aromatic carbocycles. The normalized spacial score (nSPS) is 11.5. The summed E-state index contributed by atoms with van der Waals surface area (Å²) in [5, 5.41) is -0.155. The number of hydrogen-bond acceptors (Lipinski definition) is 3. The van der Waals surface area contributed by atoms with Crippen LogP contribution in [0.25, 0.3) is 28.0 Å². The van der Waals surface area contributed by atoms with Gasteiger partial charge in [-0.2, -0.15) is 0 Å². The third kappa shape index (κ3) is 3.70. The van der Waals surface area contributed by atoms with Crippen LogP contribution in [0.15, 0.2) is 47.3 Å². The fourth-order valence-corrected chi connectivity index (χ4v) is 3.94. The van der Waals surface area contributed by atoms with Gasteiger partial charge in [0.1, 0.15) is 0 Å². The van der Waals surface area contributed by atoms with E-state index in [4.69, 9.17) is 12.2 Å². The van der Waals surface area contributed by atoms with Gasteiger partial charge >= 0.3 is 0 Å². The van der Waals surface area contributed by atoms with Crippen LogP contribution in [-0.2, 0) is 0 Å². The Morgan fingerprint density at radius 3 is 2.35 bits per heavy atom. The van der Waals surface area contributed by atoms with Crippen LogP contribution >= 0.6 is 12.2 Å². The SMILES string of the molecule is Cc1ccc(C)c(-n2c(=S)[nH]c(=O)c3c(C(F)F)cc(-c4ccc(C)c(C)c4)nc32)c1. The van der Waals surface area contributed by atoms with Gasteiger partial charge in [-0.1, -0.05) is 24.3 Å². The number of rotatable bonds is 3. The second-order valence-electron chi connectivity index (χ2n) is 7.78. The van der Waals surface area contributed by atoms with E-state index in [1.807, 2.05) is 64.1 Å². The predicted molar refractivity (Wildman–Crippen MR) is 122 cm³/mol. The first-order chi connectivity index (χ1) is 14.7. The van der Waals surface area contributed by atoms with Crippen LogP contribution < -0.4 is 5.56 Å². The lowest BCUT2D eigenvalue weighted by Gasteiger charge is -2.16. The molecule has 0 saturated heterocycles. The number of nitrogens with zero attached hydrogens (tertiary/aromatic N) is 2. The first-order valence-electron chi connectivity index (χ1n) is 9.80. The van der Waals surface area contributed by atoms with E-state index in [1.54, 1.807) is 4.57 Å². The number of halogens is 2. The molecule has 2 aromatic heterocycles. The molecule has 2 heterocycles. The lowest BCUT2D eigenvalue weighted by atomic mass is 10.0. The highest BCUT2D eigenvalue weighted by atomic mass is 32.1. The molecule has 0 aliphatic rings. The third-order valence-electron chi connectivity index (χ3n) is 5.54. The Balaban J connectivity index is 2.18. The van der Waals surface area contributed by atoms with Crippen LogP contribution in [0.4, 0.5) is 8.78 Å². The minimum absolute atomic E-state index is 0.108. The summed E-state index contributed by atoms with van der Waals surface area (Å²) in [5.41, 5.74) is 4.81. The second kappa shape index (κ2) is 7.81. The molecular weight excluding hydrogens is 416 g/mol. The number of aromatic amines is 1. The Kier molecular flexibility index (Phi) is 5.31. The molecule has 0 spiro atoms. The highest BCUT2D eigenvalue weighted by Crippen LogP contribution is 2.31. The van der Waals surface area contributed by atoms with Gasteiger partial charge in [-0.3, -0.25) is 14.3 Å². The minimum atomic E-state index is -2.85. The molecule has 0 unspecified atom stereocenters. The van der Waals surface area contributed by atoms with Gasteiger partial charge in [-0.15, -0.1) is 0 Å². The number of pyridine rings is 1. The number of hydrogen-bond donors (Lipinski definition) is 1. The average Bonchev–Trinajstić information content (AvgIpc) is 2.71. The van der Waals surface area contributed by atoms with Crippen LogP contribution in [0.1, 0.15) is 34.2 Å². The van der Waals surface area contributed by atoms with Crippen molar-refractivity contribution < 1.29 is 8.78 Å². The summed E-state index contributed by atoms with van der Waals surface area (Å²) in [6, 6.07) is 12.7. The highest BCUT2D eigenvalue weighted by molar-refractivity contribution is 7.71. The third-order valence-corrected chi connectivity index (χ3v) is 5.82. The van der Waals surface area contributed by atoms with Crippen LogP contribution in [0.2, 0.25) is 0 Å². The van der Waals surface area contributed by atoms with Crippen molar-refractivity contribution in [2.75, 3.05) is 0 Å². The fourth-order valence-electron chi connectivity index (χ4n) is 3.66. The van der Waals surface area contributed by atoms with Crippen molar-refractivity contribution in [3.8, 4) is 16.9 Å². The minimum Gasteiger partial charge on any atom is -0.298 e. The Morgan fingerprint density at radius 1 is 0.968 bits per heavy atom. The van der Waals surface area contributed by atoms with E-state index in [0.717, 1.165) is 22.3 Å². The molecule has 1 N–H and O–H groups in total. The Morgan fingerprint density at radius 2 is 1.68 bits per heavy atom. The molecule has 4 nitrogen and oxygen atoms in total. The number of alkyl halides is 2. The average molecular weight is 438 g/mol. The van der Waals surface area contributed by atoms with Crippen molar-refractivity contribution in [1.82, 2.24) is 14.5 Å². The van der Waals surface area contributed by atoms with E-state index < -0.39 is 12.0 Å². The van der Waals surface area contributed by atoms with E-state index in [-0.39, 0.29) is 21.4 Å². The fraction of sp³-hybridized carbons (Fsp3) is 0.208. The van der Waals surface area contributed by atoms with E-state index in [1.165, 1.54) is 6.07 Å². The van der Waals surface area contributed by atoms with Crippen LogP contribution in [-0.4, -0.2) is 14.5 Å². The van der Waals surface area contributed by atoms with E-state index in [2.05, 4.69) is 9.97 Å². The lowest BCUT2D eigenvalue weighted by Crippen LogP contribution is -2.17. The number of fused-ring (bicyclic) bond motifs is 1. The topological polar surface area (TPSA) is 50.7 Å². The molecule has 7 heteroatoms. The predicted octanol–water partition coefficient (Wildman–Crippen LogP) is 6.28. The van der Waals surface area contributed by atoms with Crippen LogP contribution in [0.3, 0.4) is 0 Å². The molecule has 0 atom stereocenters. The molecule has 0 saturated carbocycles. The Labute approximate surface area is 183 Å². The van der Waals surface area contributed by atoms with Gasteiger partial charge in [0.05, 0.1) is 16.8 Å². The van der Waals surface area contributed by atoms with Gasteiger partial charge in [-0.05, 0) is 80.4 Å². The number of aromatic nitrogens is 3. The van der Waals surface area contributed by atoms with Crippen LogP contribution in [0, 0.1) is 32.5 Å². The molecule has 158 valence electrons. The molecule has 0 radical (unpaired) electrons. The summed E-state index contributed by atoms with van der Waals surface area (Å²) in [6.07, 6.45) is -2.85. The van der Waals surface area contributed by atoms with Crippen molar-refractivity contribution >= 4 is 23.3 Å². The van der Waals surface area contributed by atoms with Gasteiger partial charge < -0.3 is 0 Å². The van der Waals surface area contributed by atoms with Gasteiger partial charge in [0.15, 0.2) is 10.4 Å². The smallest absolute Gasteiger partial charge is 0.264 e.